The van der Waals surface area contributed by atoms with Crippen LogP contribution in [-0.4, -0.2) is 25.9 Å². The lowest BCUT2D eigenvalue weighted by Gasteiger charge is -2.13. The van der Waals surface area contributed by atoms with E-state index in [2.05, 4.69) is 21.6 Å². The Hall–Kier alpha value is -2.67. The van der Waals surface area contributed by atoms with Crippen LogP contribution in [-0.2, 0) is 11.3 Å². The fraction of sp³-hybridized carbons (Fsp3) is 0.250. The number of halogens is 1. The van der Waals surface area contributed by atoms with Gasteiger partial charge < -0.3 is 9.88 Å². The van der Waals surface area contributed by atoms with Crippen molar-refractivity contribution in [3.05, 3.63) is 59.9 Å². The normalized spacial score (nSPS) is 12.0. The second-order valence-corrected chi connectivity index (χ2v) is 7.49. The Morgan fingerprint density at radius 3 is 2.70 bits per heavy atom. The molecule has 27 heavy (non-hydrogen) atoms. The number of hydrogen-bond acceptors (Lipinski definition) is 4. The quantitative estimate of drug-likeness (QED) is 0.634. The summed E-state index contributed by atoms with van der Waals surface area (Å²) in [4.78, 5) is 12.4. The van der Waals surface area contributed by atoms with Gasteiger partial charge in [-0.15, -0.1) is 10.2 Å². The Bertz CT molecular complexity index is 957. The van der Waals surface area contributed by atoms with Gasteiger partial charge in [0.05, 0.1) is 5.25 Å². The molecule has 0 fully saturated rings. The minimum atomic E-state index is -0.409. The third-order valence-electron chi connectivity index (χ3n) is 4.05. The summed E-state index contributed by atoms with van der Waals surface area (Å²) in [6.45, 7) is 6.53. The van der Waals surface area contributed by atoms with Crippen molar-refractivity contribution in [2.45, 2.75) is 37.7 Å². The molecule has 1 unspecified atom stereocenters. The van der Waals surface area contributed by atoms with Gasteiger partial charge in [0.1, 0.15) is 5.82 Å². The van der Waals surface area contributed by atoms with Crippen molar-refractivity contribution in [2.24, 2.45) is 0 Å². The number of carbonyl (C=O) groups is 1. The maximum absolute atomic E-state index is 13.3. The molecule has 0 spiro atoms. The van der Waals surface area contributed by atoms with Crippen molar-refractivity contribution >= 4 is 23.4 Å². The predicted molar refractivity (Wildman–Crippen MR) is 106 cm³/mol. The maximum Gasteiger partial charge on any atom is 0.237 e. The number of thioether (sulfide) groups is 1. The predicted octanol–water partition coefficient (Wildman–Crippen LogP) is 4.53. The molecule has 2 aromatic carbocycles. The number of nitrogens with zero attached hydrogens (tertiary/aromatic N) is 3. The minimum absolute atomic E-state index is 0.214. The Morgan fingerprint density at radius 2 is 2.00 bits per heavy atom. The van der Waals surface area contributed by atoms with Crippen molar-refractivity contribution in [3.8, 4) is 11.4 Å². The highest BCUT2D eigenvalue weighted by Gasteiger charge is 2.20. The molecule has 1 heterocycles. The molecule has 0 aliphatic heterocycles. The van der Waals surface area contributed by atoms with Crippen molar-refractivity contribution < 1.29 is 9.18 Å². The van der Waals surface area contributed by atoms with Crippen molar-refractivity contribution in [3.63, 3.8) is 0 Å². The molecule has 5 nitrogen and oxygen atoms in total. The summed E-state index contributed by atoms with van der Waals surface area (Å²) in [7, 11) is 0. The first kappa shape index (κ1) is 19.1. The molecule has 0 saturated carbocycles. The van der Waals surface area contributed by atoms with Crippen LogP contribution in [0.25, 0.3) is 11.4 Å². The number of amides is 1. The van der Waals surface area contributed by atoms with Gasteiger partial charge in [-0.2, -0.15) is 0 Å². The number of anilines is 1. The number of carbonyl (C=O) groups excluding carboxylic acids is 1. The molecule has 1 aromatic heterocycles. The Kier molecular flexibility index (Phi) is 5.91. The van der Waals surface area contributed by atoms with E-state index >= 15 is 0 Å². The van der Waals surface area contributed by atoms with Crippen molar-refractivity contribution in [1.82, 2.24) is 14.8 Å². The lowest BCUT2D eigenvalue weighted by atomic mass is 10.1. The molecule has 0 radical (unpaired) electrons. The van der Waals surface area contributed by atoms with Gasteiger partial charge in [-0.25, -0.2) is 4.39 Å². The van der Waals surface area contributed by atoms with E-state index in [9.17, 15) is 9.18 Å². The third-order valence-corrected chi connectivity index (χ3v) is 5.13. The van der Waals surface area contributed by atoms with E-state index in [0.717, 1.165) is 17.0 Å². The average Bonchev–Trinajstić information content (AvgIpc) is 3.04. The standard InChI is InChI=1S/C20H21FN4OS/c1-4-25-18(15-8-5-7-13(2)11-15)23-24-20(25)27-14(3)19(26)22-17-10-6-9-16(21)12-17/h5-12,14H,4H2,1-3H3,(H,22,26). The van der Waals surface area contributed by atoms with Gasteiger partial charge in [-0.05, 0) is 45.0 Å². The molecule has 3 aromatic rings. The molecule has 3 rings (SSSR count). The van der Waals surface area contributed by atoms with Gasteiger partial charge in [0, 0.05) is 17.8 Å². The molecule has 0 saturated heterocycles. The first-order chi connectivity index (χ1) is 13.0. The lowest BCUT2D eigenvalue weighted by molar-refractivity contribution is -0.115. The van der Waals surface area contributed by atoms with Crippen LogP contribution < -0.4 is 5.32 Å². The zero-order valence-corrected chi connectivity index (χ0v) is 16.3. The van der Waals surface area contributed by atoms with Crippen LogP contribution in [0.2, 0.25) is 0 Å². The van der Waals surface area contributed by atoms with Gasteiger partial charge in [-0.3, -0.25) is 4.79 Å². The molecule has 1 amide bonds. The van der Waals surface area contributed by atoms with Gasteiger partial charge in [0.25, 0.3) is 0 Å². The average molecular weight is 384 g/mol. The Labute approximate surface area is 162 Å². The van der Waals surface area contributed by atoms with Crippen LogP contribution in [0.15, 0.2) is 53.7 Å². The van der Waals surface area contributed by atoms with Crippen molar-refractivity contribution in [1.29, 1.82) is 0 Å². The molecule has 0 aliphatic rings. The third kappa shape index (κ3) is 4.54. The molecule has 1 atom stereocenters. The largest absolute Gasteiger partial charge is 0.325 e. The van der Waals surface area contributed by atoms with E-state index in [1.807, 2.05) is 36.6 Å². The van der Waals surface area contributed by atoms with E-state index in [1.165, 1.54) is 23.9 Å². The van der Waals surface area contributed by atoms with Crippen LogP contribution in [0.1, 0.15) is 19.4 Å². The summed E-state index contributed by atoms with van der Waals surface area (Å²) < 4.78 is 15.3. The highest BCUT2D eigenvalue weighted by Crippen LogP contribution is 2.27. The molecule has 1 N–H and O–H groups in total. The fourth-order valence-corrected chi connectivity index (χ4v) is 3.59. The number of rotatable bonds is 6. The maximum atomic E-state index is 13.3. The number of aromatic nitrogens is 3. The SMILES string of the molecule is CCn1c(SC(C)C(=O)Nc2cccc(F)c2)nnc1-c1cccc(C)c1. The van der Waals surface area contributed by atoms with Gasteiger partial charge in [-0.1, -0.05) is 41.6 Å². The summed E-state index contributed by atoms with van der Waals surface area (Å²) in [6.07, 6.45) is 0. The topological polar surface area (TPSA) is 59.8 Å². The second kappa shape index (κ2) is 8.35. The fourth-order valence-electron chi connectivity index (χ4n) is 2.68. The molecular formula is C20H21FN4OS. The van der Waals surface area contributed by atoms with Crippen LogP contribution in [0, 0.1) is 12.7 Å². The lowest BCUT2D eigenvalue weighted by Crippen LogP contribution is -2.23. The Morgan fingerprint density at radius 1 is 1.22 bits per heavy atom. The van der Waals surface area contributed by atoms with Crippen LogP contribution in [0.3, 0.4) is 0 Å². The van der Waals surface area contributed by atoms with E-state index in [-0.39, 0.29) is 11.7 Å². The summed E-state index contributed by atoms with van der Waals surface area (Å²) in [5.74, 6) is 0.177. The first-order valence-corrected chi connectivity index (χ1v) is 9.59. The summed E-state index contributed by atoms with van der Waals surface area (Å²) >= 11 is 1.33. The van der Waals surface area contributed by atoms with Crippen LogP contribution in [0.4, 0.5) is 10.1 Å². The zero-order chi connectivity index (χ0) is 19.4. The summed E-state index contributed by atoms with van der Waals surface area (Å²) in [6, 6.07) is 13.9. The summed E-state index contributed by atoms with van der Waals surface area (Å²) in [5, 5.41) is 11.6. The van der Waals surface area contributed by atoms with E-state index in [1.54, 1.807) is 19.1 Å². The number of benzene rings is 2. The van der Waals surface area contributed by atoms with Crippen LogP contribution >= 0.6 is 11.8 Å². The first-order valence-electron chi connectivity index (χ1n) is 8.71. The molecule has 0 aliphatic carbocycles. The molecular weight excluding hydrogens is 363 g/mol. The van der Waals surface area contributed by atoms with E-state index < -0.39 is 5.25 Å². The van der Waals surface area contributed by atoms with E-state index in [4.69, 9.17) is 0 Å². The van der Waals surface area contributed by atoms with Gasteiger partial charge >= 0.3 is 0 Å². The highest BCUT2D eigenvalue weighted by molar-refractivity contribution is 8.00. The van der Waals surface area contributed by atoms with Crippen LogP contribution in [0.5, 0.6) is 0 Å². The van der Waals surface area contributed by atoms with E-state index in [0.29, 0.717) is 17.4 Å². The van der Waals surface area contributed by atoms with Crippen molar-refractivity contribution in [2.75, 3.05) is 5.32 Å². The highest BCUT2D eigenvalue weighted by atomic mass is 32.2. The zero-order valence-electron chi connectivity index (χ0n) is 15.4. The molecule has 140 valence electrons. The second-order valence-electron chi connectivity index (χ2n) is 6.18. The summed E-state index contributed by atoms with van der Waals surface area (Å²) in [5.41, 5.74) is 2.58. The van der Waals surface area contributed by atoms with Gasteiger partial charge in [0.15, 0.2) is 11.0 Å². The smallest absolute Gasteiger partial charge is 0.237 e. The monoisotopic (exact) mass is 384 g/mol. The Balaban J connectivity index is 1.76. The number of aryl methyl sites for hydroxylation is 1. The van der Waals surface area contributed by atoms with Gasteiger partial charge in [0.2, 0.25) is 5.91 Å². The minimum Gasteiger partial charge on any atom is -0.325 e. The number of nitrogens with one attached hydrogen (secondary N) is 1. The number of hydrogen-bond donors (Lipinski definition) is 1. The molecule has 7 heteroatoms. The molecule has 0 bridgehead atoms.